The van der Waals surface area contributed by atoms with Crippen LogP contribution in [-0.2, 0) is 6.61 Å². The summed E-state index contributed by atoms with van der Waals surface area (Å²) in [5.74, 6) is 0.890. The number of carbonyl (C=O) groups is 1. The summed E-state index contributed by atoms with van der Waals surface area (Å²) in [5, 5.41) is 9.21. The molecule has 0 unspecified atom stereocenters. The average Bonchev–Trinajstić information content (AvgIpc) is 2.72. The molecular weight excluding hydrogens is 326 g/mol. The van der Waals surface area contributed by atoms with Crippen LogP contribution in [-0.4, -0.2) is 12.9 Å². The van der Waals surface area contributed by atoms with Crippen LogP contribution in [0.1, 0.15) is 27.0 Å². The highest BCUT2D eigenvalue weighted by Gasteiger charge is 2.16. The molecule has 0 aliphatic heterocycles. The van der Waals surface area contributed by atoms with E-state index >= 15 is 0 Å². The predicted octanol–water partition coefficient (Wildman–Crippen LogP) is 4.38. The van der Waals surface area contributed by atoms with E-state index in [-0.39, 0.29) is 12.4 Å². The number of nitrogens with zero attached hydrogens (tertiary/aromatic N) is 1. The molecule has 3 rings (SSSR count). The summed E-state index contributed by atoms with van der Waals surface area (Å²) in [6, 6.07) is 23.5. The van der Waals surface area contributed by atoms with Gasteiger partial charge in [-0.3, -0.25) is 4.79 Å². The zero-order chi connectivity index (χ0) is 18.4. The second-order valence-electron chi connectivity index (χ2n) is 5.61. The maximum atomic E-state index is 12.8. The van der Waals surface area contributed by atoms with Gasteiger partial charge in [0.25, 0.3) is 0 Å². The van der Waals surface area contributed by atoms with Gasteiger partial charge in [-0.25, -0.2) is 0 Å². The highest BCUT2D eigenvalue weighted by Crippen LogP contribution is 2.28. The first-order chi connectivity index (χ1) is 12.7. The van der Waals surface area contributed by atoms with Gasteiger partial charge in [0.15, 0.2) is 5.78 Å². The fraction of sp³-hybridized carbons (Fsp3) is 0.0909. The number of hydrogen-bond acceptors (Lipinski definition) is 4. The van der Waals surface area contributed by atoms with Crippen LogP contribution in [0.25, 0.3) is 0 Å². The van der Waals surface area contributed by atoms with Crippen molar-refractivity contribution in [1.29, 1.82) is 5.26 Å². The van der Waals surface area contributed by atoms with Crippen molar-refractivity contribution < 1.29 is 14.3 Å². The summed E-state index contributed by atoms with van der Waals surface area (Å²) >= 11 is 0. The Labute approximate surface area is 152 Å². The summed E-state index contributed by atoms with van der Waals surface area (Å²) in [7, 11) is 1.56. The van der Waals surface area contributed by atoms with Crippen LogP contribution >= 0.6 is 0 Å². The number of nitriles is 1. The number of methoxy groups -OCH3 is 1. The molecule has 3 aromatic rings. The lowest BCUT2D eigenvalue weighted by atomic mass is 10.0. The molecule has 0 N–H and O–H groups in total. The Morgan fingerprint density at radius 3 is 2.46 bits per heavy atom. The molecule has 3 aromatic carbocycles. The second kappa shape index (κ2) is 8.00. The summed E-state index contributed by atoms with van der Waals surface area (Å²) in [6.07, 6.45) is 0. The van der Waals surface area contributed by atoms with Crippen LogP contribution in [0.5, 0.6) is 11.5 Å². The van der Waals surface area contributed by atoms with E-state index in [0.717, 1.165) is 5.56 Å². The summed E-state index contributed by atoms with van der Waals surface area (Å²) in [5.41, 5.74) is 2.34. The Morgan fingerprint density at radius 1 is 1.00 bits per heavy atom. The summed E-state index contributed by atoms with van der Waals surface area (Å²) in [4.78, 5) is 12.8. The van der Waals surface area contributed by atoms with Gasteiger partial charge in [0.05, 0.1) is 24.3 Å². The first kappa shape index (κ1) is 17.2. The highest BCUT2D eigenvalue weighted by molar-refractivity contribution is 6.10. The van der Waals surface area contributed by atoms with Crippen molar-refractivity contribution in [3.8, 4) is 17.6 Å². The predicted molar refractivity (Wildman–Crippen MR) is 98.4 cm³/mol. The van der Waals surface area contributed by atoms with Gasteiger partial charge >= 0.3 is 0 Å². The largest absolute Gasteiger partial charge is 0.497 e. The molecule has 0 saturated carbocycles. The Hall–Kier alpha value is -3.58. The van der Waals surface area contributed by atoms with E-state index in [2.05, 4.69) is 6.07 Å². The number of benzene rings is 3. The lowest BCUT2D eigenvalue weighted by Crippen LogP contribution is -2.06. The topological polar surface area (TPSA) is 59.3 Å². The first-order valence-electron chi connectivity index (χ1n) is 8.11. The van der Waals surface area contributed by atoms with E-state index in [0.29, 0.717) is 28.2 Å². The quantitative estimate of drug-likeness (QED) is 0.623. The maximum absolute atomic E-state index is 12.8. The normalized spacial score (nSPS) is 10.0. The second-order valence-corrected chi connectivity index (χ2v) is 5.61. The Morgan fingerprint density at radius 2 is 1.73 bits per heavy atom. The molecule has 0 spiro atoms. The zero-order valence-electron chi connectivity index (χ0n) is 14.3. The number of ketones is 1. The highest BCUT2D eigenvalue weighted by atomic mass is 16.5. The lowest BCUT2D eigenvalue weighted by Gasteiger charge is -2.13. The number of ether oxygens (including phenoxy) is 2. The van der Waals surface area contributed by atoms with Crippen molar-refractivity contribution in [2.24, 2.45) is 0 Å². The van der Waals surface area contributed by atoms with E-state index in [9.17, 15) is 10.1 Å². The van der Waals surface area contributed by atoms with E-state index < -0.39 is 0 Å². The minimum Gasteiger partial charge on any atom is -0.497 e. The van der Waals surface area contributed by atoms with Crippen LogP contribution in [0.2, 0.25) is 0 Å². The fourth-order valence-electron chi connectivity index (χ4n) is 2.59. The molecule has 0 aliphatic rings. The Bertz CT molecular complexity index is 959. The smallest absolute Gasteiger partial charge is 0.196 e. The molecule has 4 heteroatoms. The van der Waals surface area contributed by atoms with Crippen molar-refractivity contribution >= 4 is 5.78 Å². The minimum atomic E-state index is -0.128. The lowest BCUT2D eigenvalue weighted by molar-refractivity contribution is 0.103. The molecule has 0 amide bonds. The van der Waals surface area contributed by atoms with Crippen LogP contribution in [0.4, 0.5) is 0 Å². The van der Waals surface area contributed by atoms with E-state index in [1.54, 1.807) is 49.6 Å². The number of rotatable bonds is 6. The Balaban J connectivity index is 1.92. The van der Waals surface area contributed by atoms with Crippen molar-refractivity contribution in [3.05, 3.63) is 95.1 Å². The molecule has 0 fully saturated rings. The van der Waals surface area contributed by atoms with E-state index in [1.165, 1.54) is 0 Å². The SMILES string of the molecule is COc1ccc(C(=O)c2ccccc2)c(OCc2ccccc2C#N)c1. The van der Waals surface area contributed by atoms with Crippen LogP contribution < -0.4 is 9.47 Å². The monoisotopic (exact) mass is 343 g/mol. The van der Waals surface area contributed by atoms with Gasteiger partial charge in [-0.2, -0.15) is 5.26 Å². The zero-order valence-corrected chi connectivity index (χ0v) is 14.3. The average molecular weight is 343 g/mol. The van der Waals surface area contributed by atoms with Gasteiger partial charge in [0, 0.05) is 17.2 Å². The van der Waals surface area contributed by atoms with Gasteiger partial charge in [-0.1, -0.05) is 48.5 Å². The third-order valence-corrected chi connectivity index (χ3v) is 3.99. The van der Waals surface area contributed by atoms with Crippen molar-refractivity contribution in [2.75, 3.05) is 7.11 Å². The third kappa shape index (κ3) is 3.73. The third-order valence-electron chi connectivity index (χ3n) is 3.99. The molecule has 0 aliphatic carbocycles. The van der Waals surface area contributed by atoms with Gasteiger partial charge in [-0.15, -0.1) is 0 Å². The molecule has 0 bridgehead atoms. The van der Waals surface area contributed by atoms with Crippen molar-refractivity contribution in [2.45, 2.75) is 6.61 Å². The van der Waals surface area contributed by atoms with E-state index in [4.69, 9.17) is 9.47 Å². The minimum absolute atomic E-state index is 0.128. The molecule has 4 nitrogen and oxygen atoms in total. The van der Waals surface area contributed by atoms with Gasteiger partial charge in [0.2, 0.25) is 0 Å². The molecule has 0 saturated heterocycles. The molecule has 26 heavy (non-hydrogen) atoms. The maximum Gasteiger partial charge on any atom is 0.196 e. The first-order valence-corrected chi connectivity index (χ1v) is 8.11. The summed E-state index contributed by atoms with van der Waals surface area (Å²) in [6.45, 7) is 0.186. The summed E-state index contributed by atoms with van der Waals surface area (Å²) < 4.78 is 11.1. The standard InChI is InChI=1S/C22H17NO3/c1-25-19-11-12-20(22(24)16-7-3-2-4-8-16)21(13-19)26-15-18-10-6-5-9-17(18)14-23/h2-13H,15H2,1H3. The molecule has 128 valence electrons. The number of carbonyl (C=O) groups excluding carboxylic acids is 1. The molecular formula is C22H17NO3. The fourth-order valence-corrected chi connectivity index (χ4v) is 2.59. The molecule has 0 atom stereocenters. The van der Waals surface area contributed by atoms with Crippen LogP contribution in [0.15, 0.2) is 72.8 Å². The molecule has 0 aromatic heterocycles. The van der Waals surface area contributed by atoms with Crippen molar-refractivity contribution in [1.82, 2.24) is 0 Å². The van der Waals surface area contributed by atoms with Crippen molar-refractivity contribution in [3.63, 3.8) is 0 Å². The van der Waals surface area contributed by atoms with Gasteiger partial charge < -0.3 is 9.47 Å². The van der Waals surface area contributed by atoms with Gasteiger partial charge in [-0.05, 0) is 18.2 Å². The molecule has 0 radical (unpaired) electrons. The molecule has 0 heterocycles. The van der Waals surface area contributed by atoms with E-state index in [1.807, 2.05) is 30.3 Å². The van der Waals surface area contributed by atoms with Crippen LogP contribution in [0, 0.1) is 11.3 Å². The van der Waals surface area contributed by atoms with Gasteiger partial charge in [0.1, 0.15) is 18.1 Å². The van der Waals surface area contributed by atoms with Crippen LogP contribution in [0.3, 0.4) is 0 Å². The number of hydrogen-bond donors (Lipinski definition) is 0. The Kier molecular flexibility index (Phi) is 5.31.